The molecule has 110 valence electrons. The van der Waals surface area contributed by atoms with Crippen molar-refractivity contribution in [3.8, 4) is 0 Å². The maximum atomic E-state index is 12.5. The van der Waals surface area contributed by atoms with Crippen LogP contribution in [0.1, 0.15) is 38.7 Å². The average molecular weight is 274 g/mol. The topological polar surface area (TPSA) is 46.3 Å². The zero-order valence-electron chi connectivity index (χ0n) is 12.6. The van der Waals surface area contributed by atoms with Gasteiger partial charge in [0, 0.05) is 13.1 Å². The molecule has 0 radical (unpaired) electrons. The molecular weight excluding hydrogens is 248 g/mol. The lowest BCUT2D eigenvalue weighted by atomic mass is 9.82. The Bertz CT molecular complexity index is 440. The van der Waals surface area contributed by atoms with Crippen molar-refractivity contribution in [3.05, 3.63) is 35.9 Å². The Hall–Kier alpha value is -1.35. The molecule has 1 unspecified atom stereocenters. The summed E-state index contributed by atoms with van der Waals surface area (Å²) in [5.74, 6) is 0.109. The molecule has 1 aliphatic heterocycles. The van der Waals surface area contributed by atoms with Crippen molar-refractivity contribution in [3.63, 3.8) is 0 Å². The second-order valence-corrected chi connectivity index (χ2v) is 6.01. The molecule has 1 saturated heterocycles. The summed E-state index contributed by atoms with van der Waals surface area (Å²) in [5.41, 5.74) is 7.56. The minimum atomic E-state index is -0.415. The van der Waals surface area contributed by atoms with E-state index in [1.165, 1.54) is 0 Å². The van der Waals surface area contributed by atoms with Gasteiger partial charge in [-0.15, -0.1) is 0 Å². The Kier molecular flexibility index (Phi) is 4.81. The van der Waals surface area contributed by atoms with Crippen LogP contribution in [0.15, 0.2) is 30.3 Å². The highest BCUT2D eigenvalue weighted by Gasteiger charge is 2.38. The molecule has 0 bridgehead atoms. The molecule has 0 saturated carbocycles. The van der Waals surface area contributed by atoms with Gasteiger partial charge in [0.2, 0.25) is 5.91 Å². The molecule has 1 atom stereocenters. The van der Waals surface area contributed by atoms with Crippen LogP contribution in [-0.4, -0.2) is 29.9 Å². The quantitative estimate of drug-likeness (QED) is 0.897. The number of likely N-dealkylation sites (tertiary alicyclic amines) is 1. The van der Waals surface area contributed by atoms with E-state index < -0.39 is 6.04 Å². The molecule has 3 heteroatoms. The Balaban J connectivity index is 1.95. The molecule has 0 spiro atoms. The highest BCUT2D eigenvalue weighted by Crippen LogP contribution is 2.37. The zero-order valence-corrected chi connectivity index (χ0v) is 12.6. The number of amides is 1. The van der Waals surface area contributed by atoms with Crippen LogP contribution < -0.4 is 5.73 Å². The number of nitrogens with two attached hydrogens (primary N) is 1. The van der Waals surface area contributed by atoms with Gasteiger partial charge >= 0.3 is 0 Å². The first-order valence-electron chi connectivity index (χ1n) is 7.68. The molecule has 1 heterocycles. The summed E-state index contributed by atoms with van der Waals surface area (Å²) in [4.78, 5) is 14.4. The lowest BCUT2D eigenvalue weighted by Crippen LogP contribution is -2.44. The van der Waals surface area contributed by atoms with Gasteiger partial charge in [-0.05, 0) is 36.7 Å². The Morgan fingerprint density at radius 2 is 1.95 bits per heavy atom. The van der Waals surface area contributed by atoms with E-state index >= 15 is 0 Å². The van der Waals surface area contributed by atoms with Crippen molar-refractivity contribution in [2.45, 2.75) is 45.6 Å². The molecule has 1 aromatic carbocycles. The van der Waals surface area contributed by atoms with Gasteiger partial charge in [-0.25, -0.2) is 0 Å². The van der Waals surface area contributed by atoms with Crippen LogP contribution in [0.5, 0.6) is 0 Å². The van der Waals surface area contributed by atoms with Crippen molar-refractivity contribution < 1.29 is 4.79 Å². The summed E-state index contributed by atoms with van der Waals surface area (Å²) in [7, 11) is 0. The van der Waals surface area contributed by atoms with E-state index in [1.54, 1.807) is 0 Å². The first kappa shape index (κ1) is 15.0. The predicted molar refractivity (Wildman–Crippen MR) is 82.3 cm³/mol. The summed E-state index contributed by atoms with van der Waals surface area (Å²) in [6.45, 7) is 6.19. The van der Waals surface area contributed by atoms with Crippen molar-refractivity contribution in [2.75, 3.05) is 13.1 Å². The van der Waals surface area contributed by atoms with Gasteiger partial charge in [0.25, 0.3) is 0 Å². The molecule has 3 nitrogen and oxygen atoms in total. The predicted octanol–water partition coefficient (Wildman–Crippen LogP) is 2.60. The van der Waals surface area contributed by atoms with E-state index in [9.17, 15) is 4.79 Å². The molecule has 1 fully saturated rings. The zero-order chi connectivity index (χ0) is 14.6. The molecule has 20 heavy (non-hydrogen) atoms. The number of nitrogens with zero attached hydrogens (tertiary/aromatic N) is 1. The van der Waals surface area contributed by atoms with Crippen LogP contribution in [-0.2, 0) is 11.2 Å². The molecule has 2 rings (SSSR count). The number of carbonyl (C=O) groups excluding carboxylic acids is 1. The molecule has 0 aromatic heterocycles. The summed E-state index contributed by atoms with van der Waals surface area (Å²) < 4.78 is 0. The summed E-state index contributed by atoms with van der Waals surface area (Å²) >= 11 is 0. The van der Waals surface area contributed by atoms with Crippen LogP contribution >= 0.6 is 0 Å². The number of hydrogen-bond donors (Lipinski definition) is 1. The third-order valence-electron chi connectivity index (χ3n) is 4.87. The van der Waals surface area contributed by atoms with E-state index in [-0.39, 0.29) is 5.91 Å². The minimum absolute atomic E-state index is 0.109. The normalized spacial score (nSPS) is 19.1. The van der Waals surface area contributed by atoms with Crippen molar-refractivity contribution in [1.29, 1.82) is 0 Å². The summed E-state index contributed by atoms with van der Waals surface area (Å²) in [6.07, 6.45) is 4.02. The highest BCUT2D eigenvalue weighted by atomic mass is 16.2. The smallest absolute Gasteiger partial charge is 0.239 e. The van der Waals surface area contributed by atoms with Crippen LogP contribution in [0.4, 0.5) is 0 Å². The lowest BCUT2D eigenvalue weighted by molar-refractivity contribution is -0.131. The Morgan fingerprint density at radius 1 is 1.30 bits per heavy atom. The maximum absolute atomic E-state index is 12.5. The van der Waals surface area contributed by atoms with Crippen molar-refractivity contribution in [1.82, 2.24) is 4.90 Å². The van der Waals surface area contributed by atoms with Gasteiger partial charge in [0.15, 0.2) is 0 Å². The molecule has 1 aromatic rings. The monoisotopic (exact) mass is 274 g/mol. The third kappa shape index (κ3) is 3.21. The largest absolute Gasteiger partial charge is 0.341 e. The lowest BCUT2D eigenvalue weighted by Gasteiger charge is -2.27. The Labute approximate surface area is 122 Å². The third-order valence-corrected chi connectivity index (χ3v) is 4.87. The fraction of sp³-hybridized carbons (Fsp3) is 0.588. The van der Waals surface area contributed by atoms with Gasteiger partial charge in [0.1, 0.15) is 0 Å². The second kappa shape index (κ2) is 6.40. The number of carbonyl (C=O) groups is 1. The summed E-state index contributed by atoms with van der Waals surface area (Å²) in [5, 5.41) is 0. The van der Waals surface area contributed by atoms with Crippen LogP contribution in [0.25, 0.3) is 0 Å². The van der Waals surface area contributed by atoms with Crippen LogP contribution in [0.2, 0.25) is 0 Å². The number of benzene rings is 1. The standard InChI is InChI=1S/C17H26N2O/c1-3-17(4-2)10-11-19(13-17)16(20)15(18)12-14-8-6-5-7-9-14/h5-9,15H,3-4,10-13,18H2,1-2H3. The van der Waals surface area contributed by atoms with Gasteiger partial charge in [-0.1, -0.05) is 44.2 Å². The van der Waals surface area contributed by atoms with Gasteiger partial charge < -0.3 is 10.6 Å². The van der Waals surface area contributed by atoms with Gasteiger partial charge in [-0.3, -0.25) is 4.79 Å². The molecule has 1 amide bonds. The molecule has 0 aliphatic carbocycles. The van der Waals surface area contributed by atoms with E-state index in [0.29, 0.717) is 11.8 Å². The van der Waals surface area contributed by atoms with E-state index in [4.69, 9.17) is 5.73 Å². The average Bonchev–Trinajstić information content (AvgIpc) is 2.92. The minimum Gasteiger partial charge on any atom is -0.341 e. The van der Waals surface area contributed by atoms with E-state index in [0.717, 1.165) is 37.9 Å². The highest BCUT2D eigenvalue weighted by molar-refractivity contribution is 5.82. The van der Waals surface area contributed by atoms with Crippen LogP contribution in [0, 0.1) is 5.41 Å². The van der Waals surface area contributed by atoms with Gasteiger partial charge in [-0.2, -0.15) is 0 Å². The first-order valence-corrected chi connectivity index (χ1v) is 7.68. The molecule has 1 aliphatic rings. The van der Waals surface area contributed by atoms with Gasteiger partial charge in [0.05, 0.1) is 6.04 Å². The van der Waals surface area contributed by atoms with Crippen molar-refractivity contribution >= 4 is 5.91 Å². The fourth-order valence-electron chi connectivity index (χ4n) is 3.14. The second-order valence-electron chi connectivity index (χ2n) is 6.01. The maximum Gasteiger partial charge on any atom is 0.239 e. The first-order chi connectivity index (χ1) is 9.60. The SMILES string of the molecule is CCC1(CC)CCN(C(=O)C(N)Cc2ccccc2)C1. The molecule has 2 N–H and O–H groups in total. The summed E-state index contributed by atoms with van der Waals surface area (Å²) in [6, 6.07) is 9.60. The fourth-order valence-corrected chi connectivity index (χ4v) is 3.14. The molecular formula is C17H26N2O. The van der Waals surface area contributed by atoms with E-state index in [2.05, 4.69) is 13.8 Å². The number of rotatable bonds is 5. The Morgan fingerprint density at radius 3 is 2.50 bits per heavy atom. The number of hydrogen-bond acceptors (Lipinski definition) is 2. The van der Waals surface area contributed by atoms with Crippen LogP contribution in [0.3, 0.4) is 0 Å². The van der Waals surface area contributed by atoms with E-state index in [1.807, 2.05) is 35.2 Å². The van der Waals surface area contributed by atoms with Crippen molar-refractivity contribution in [2.24, 2.45) is 11.1 Å².